The van der Waals surface area contributed by atoms with Gasteiger partial charge in [-0.2, -0.15) is 0 Å². The average Bonchev–Trinajstić information content (AvgIpc) is 1.11. The molecule has 17 aromatic carbocycles. The maximum Gasteiger partial charge on any atom is 0.252 e. The van der Waals surface area contributed by atoms with Gasteiger partial charge in [0.1, 0.15) is 0 Å². The Hall–Kier alpha value is -14.4. The summed E-state index contributed by atoms with van der Waals surface area (Å²) in [6, 6.07) is 115. The number of hydrogen-bond donors (Lipinski definition) is 0. The zero-order valence-electron chi connectivity index (χ0n) is 82.9. The minimum atomic E-state index is -0.531. The summed E-state index contributed by atoms with van der Waals surface area (Å²) in [6.45, 7) is 27.4. The fourth-order valence-corrected chi connectivity index (χ4v) is 19.9. The lowest BCUT2D eigenvalue weighted by Crippen LogP contribution is -2.62. The van der Waals surface area contributed by atoms with Gasteiger partial charge < -0.3 is 28.4 Å². The first-order valence-electron chi connectivity index (χ1n) is 48.9. The Morgan fingerprint density at radius 3 is 1.10 bits per heavy atom. The van der Waals surface area contributed by atoms with E-state index in [-0.39, 0.29) is 50.3 Å². The van der Waals surface area contributed by atoms with Crippen LogP contribution in [0.4, 0.5) is 45.5 Å². The number of fused-ring (bicyclic) bond motifs is 13. The van der Waals surface area contributed by atoms with Gasteiger partial charge in [0.05, 0.1) is 51.1 Å². The van der Waals surface area contributed by atoms with Gasteiger partial charge in [-0.25, -0.2) is 0 Å². The number of nitrogens with zero attached hydrogens (tertiary/aromatic N) is 6. The number of hydrogen-bond acceptors (Lipinski definition) is 3. The van der Waals surface area contributed by atoms with Gasteiger partial charge in [0, 0.05) is 95.7 Å². The zero-order chi connectivity index (χ0) is 94.4. The van der Waals surface area contributed by atoms with Crippen molar-refractivity contribution in [2.75, 3.05) is 21.2 Å². The van der Waals surface area contributed by atoms with Crippen LogP contribution in [0.15, 0.2) is 382 Å². The third-order valence-electron chi connectivity index (χ3n) is 26.5. The van der Waals surface area contributed by atoms with Crippen LogP contribution in [0.2, 0.25) is 0 Å². The molecule has 0 unspecified atom stereocenters. The van der Waals surface area contributed by atoms with E-state index in [0.29, 0.717) is 40.9 Å². The molecule has 0 radical (unpaired) electrons. The largest absolute Gasteiger partial charge is 0.342 e. The molecule has 6 nitrogen and oxygen atoms in total. The Morgan fingerprint density at radius 2 is 0.646 bits per heavy atom. The van der Waals surface area contributed by atoms with Gasteiger partial charge in [-0.05, 0) is 274 Å². The molecule has 2 aliphatic rings. The second-order valence-electron chi connectivity index (χ2n) is 38.7. The van der Waals surface area contributed by atoms with Crippen molar-refractivity contribution in [1.82, 2.24) is 13.7 Å². The summed E-state index contributed by atoms with van der Waals surface area (Å²) in [6.07, 6.45) is 0.558. The molecule has 7 heteroatoms. The molecule has 3 aromatic heterocycles. The Bertz CT molecular complexity index is 8040. The number of rotatable bonds is 14. The van der Waals surface area contributed by atoms with Crippen molar-refractivity contribution in [2.45, 2.75) is 111 Å². The molecule has 0 saturated carbocycles. The summed E-state index contributed by atoms with van der Waals surface area (Å²) in [4.78, 5) is 6.70. The van der Waals surface area contributed by atoms with Crippen molar-refractivity contribution in [3.63, 3.8) is 0 Å². The van der Waals surface area contributed by atoms with Gasteiger partial charge >= 0.3 is 0 Å². The van der Waals surface area contributed by atoms with Crippen LogP contribution >= 0.6 is 0 Å². The van der Waals surface area contributed by atoms with E-state index in [2.05, 4.69) is 381 Å². The van der Waals surface area contributed by atoms with E-state index < -0.39 is 49.0 Å². The minimum Gasteiger partial charge on any atom is -0.342 e. The van der Waals surface area contributed by atoms with E-state index in [4.69, 9.17) is 4.11 Å². The van der Waals surface area contributed by atoms with E-state index in [1.807, 2.05) is 53.1 Å². The molecule has 0 atom stereocenters. The third kappa shape index (κ3) is 13.7. The summed E-state index contributed by atoms with van der Waals surface area (Å²) < 4.78 is 93.6. The van der Waals surface area contributed by atoms with Crippen LogP contribution in [0.3, 0.4) is 0 Å². The highest BCUT2D eigenvalue weighted by atomic mass is 15.2. The number of benzene rings is 17. The fourth-order valence-electron chi connectivity index (χ4n) is 19.9. The van der Waals surface area contributed by atoms with Gasteiger partial charge in [0.25, 0.3) is 6.71 Å². The lowest BCUT2D eigenvalue weighted by molar-refractivity contribution is 0.590. The number of aromatic nitrogens is 3. The molecule has 0 N–H and O–H groups in total. The minimum absolute atomic E-state index is 0.0857. The summed E-state index contributed by atoms with van der Waals surface area (Å²) in [5, 5.41) is 5.35. The zero-order valence-corrected chi connectivity index (χ0v) is 73.9. The first-order valence-corrected chi connectivity index (χ1v) is 44.4. The van der Waals surface area contributed by atoms with Crippen LogP contribution < -0.4 is 31.1 Å². The topological polar surface area (TPSA) is 24.5 Å². The average molecular weight is 1650 g/mol. The maximum atomic E-state index is 10.6. The van der Waals surface area contributed by atoms with Gasteiger partial charge in [-0.1, -0.05) is 307 Å². The highest BCUT2D eigenvalue weighted by Gasteiger charge is 2.45. The van der Waals surface area contributed by atoms with E-state index >= 15 is 0 Å². The summed E-state index contributed by atoms with van der Waals surface area (Å²) in [5.41, 5.74) is 30.1. The molecule has 0 spiro atoms. The highest BCUT2D eigenvalue weighted by Crippen LogP contribution is 2.51. The molecule has 127 heavy (non-hydrogen) atoms. The normalized spacial score (nSPS) is 13.9. The quantitative estimate of drug-likeness (QED) is 0.101. The van der Waals surface area contributed by atoms with Crippen molar-refractivity contribution in [3.05, 3.63) is 410 Å². The van der Waals surface area contributed by atoms with Crippen LogP contribution in [0, 0.1) is 0 Å². The molecule has 0 amide bonds. The molecule has 616 valence electrons. The predicted octanol–water partition coefficient (Wildman–Crippen LogP) is 30.3. The molecule has 20 aromatic rings. The van der Waals surface area contributed by atoms with Gasteiger partial charge in [0.15, 0.2) is 0 Å². The Balaban J connectivity index is 0.890. The van der Waals surface area contributed by atoms with Gasteiger partial charge in [-0.3, -0.25) is 0 Å². The Labute approximate surface area is 759 Å². The van der Waals surface area contributed by atoms with Crippen LogP contribution in [0.1, 0.15) is 123 Å². The number of para-hydroxylation sites is 3. The van der Waals surface area contributed by atoms with Gasteiger partial charge in [0.2, 0.25) is 0 Å². The van der Waals surface area contributed by atoms with E-state index in [9.17, 15) is 8.22 Å². The van der Waals surface area contributed by atoms with E-state index in [1.165, 1.54) is 33.0 Å². The first kappa shape index (κ1) is 69.0. The second-order valence-corrected chi connectivity index (χ2v) is 38.7. The molecule has 0 saturated heterocycles. The van der Waals surface area contributed by atoms with Crippen LogP contribution in [-0.4, -0.2) is 27.0 Å². The van der Waals surface area contributed by atoms with Crippen LogP contribution in [0.5, 0.6) is 0 Å². The molecule has 22 rings (SSSR count). The highest BCUT2D eigenvalue weighted by molar-refractivity contribution is 7.00. The Kier molecular flexibility index (Phi) is 16.4. The van der Waals surface area contributed by atoms with Crippen molar-refractivity contribution >= 4 is 134 Å². The molecular formula is C120H103BN6. The van der Waals surface area contributed by atoms with Crippen LogP contribution in [0.25, 0.3) is 127 Å². The van der Waals surface area contributed by atoms with E-state index in [0.717, 1.165) is 139 Å². The summed E-state index contributed by atoms with van der Waals surface area (Å²) in [5.74, 6) is 0. The van der Waals surface area contributed by atoms with Crippen molar-refractivity contribution < 1.29 is 12.3 Å². The lowest BCUT2D eigenvalue weighted by atomic mass is 9.33. The van der Waals surface area contributed by atoms with Crippen molar-refractivity contribution in [3.8, 4) is 61.6 Å². The SMILES string of the molecule is [2H]c1c([2H])c([2H])c(N(c2ccccc2)c2ccc3c(c2)c2c([2H])c([2H])c([2H])c([2H])c2n3-c2cc3c4c(c2)N(c2cc(-c5ccccc5)cc(-c5ccccc5)c2)c2cc(-n5c6ccc(C(C)(C)C)cc6c6cc(C(C)(C)C)ccc65)ccc2B4c2ccc(-n4c5ccc(C(C)(C)C)cc5c5cc(C(C)(C)C)ccc54)cc2N3CCc2cc(-c3ccccc3)cc(-c3ccccc3)c2)c([2H])c1[2H]. The number of anilines is 8. The molecule has 2 aliphatic heterocycles. The molecule has 0 fully saturated rings. The van der Waals surface area contributed by atoms with E-state index in [1.54, 1.807) is 4.90 Å². The maximum absolute atomic E-state index is 10.6. The molecule has 0 aliphatic carbocycles. The second kappa shape index (κ2) is 30.2. The summed E-state index contributed by atoms with van der Waals surface area (Å²) >= 11 is 0. The third-order valence-corrected chi connectivity index (χ3v) is 26.5. The monoisotopic (exact) mass is 1650 g/mol. The lowest BCUT2D eigenvalue weighted by Gasteiger charge is -2.45. The smallest absolute Gasteiger partial charge is 0.252 e. The first-order chi connectivity index (χ1) is 65.2. The molecule has 0 bridgehead atoms. The summed E-state index contributed by atoms with van der Waals surface area (Å²) in [7, 11) is 0. The van der Waals surface area contributed by atoms with Crippen molar-refractivity contribution in [1.29, 1.82) is 0 Å². The predicted molar refractivity (Wildman–Crippen MR) is 544 cm³/mol. The van der Waals surface area contributed by atoms with Crippen molar-refractivity contribution in [2.24, 2.45) is 0 Å². The standard InChI is InChI=1S/C120H103BN6/c1-117(2,3)87-47-56-107-99(69-87)100-70-88(118(4,5)6)48-57-108(100)124(107)94-51-54-104-112(74-94)122(62-61-78-63-83(79-33-19-13-20-34-79)65-84(64-78)80-35-21-14-22-36-80)114-76-97(126-106-46-32-31-45-98(106)103-73-93(53-60-111(103)126)123(91-41-27-17-28-42-91)92-43-29-18-30-44-92)77-115-116(114)121(104)105-55-52-95(125-109-58-49-89(119(7,8)9)71-101(109)102-72-90(120(10,11)12)50-59-110(102)125)75-113(105)127(115)96-67-85(81-37-23-15-24-38-81)66-86(68-96)82-39-25-16-26-40-82/h13-60,63-77H,61-62H2,1-12H3/i17D,27D,28D,31D,32D,41D,42D,45D,46D. The Morgan fingerprint density at radius 1 is 0.268 bits per heavy atom. The van der Waals surface area contributed by atoms with Gasteiger partial charge in [-0.15, -0.1) is 0 Å². The van der Waals surface area contributed by atoms with Crippen LogP contribution in [-0.2, 0) is 28.1 Å². The fraction of sp³-hybridized carbons (Fsp3) is 0.150. The molecular weight excluding hydrogens is 1540 g/mol. The molecule has 5 heterocycles.